The van der Waals surface area contributed by atoms with E-state index in [1.165, 1.54) is 0 Å². The molecule has 0 unspecified atom stereocenters. The van der Waals surface area contributed by atoms with Gasteiger partial charge >= 0.3 is 0 Å². The molecule has 162 valence electrons. The Morgan fingerprint density at radius 3 is 2.12 bits per heavy atom. The maximum Gasteiger partial charge on any atom is 0.199 e. The minimum Gasteiger partial charge on any atom is -0.453 e. The van der Waals surface area contributed by atoms with Crippen LogP contribution < -0.4 is 0 Å². The van der Waals surface area contributed by atoms with Gasteiger partial charge in [-0.1, -0.05) is 97.1 Å². The Labute approximate surface area is 196 Å². The molecule has 2 aromatic heterocycles. The third-order valence-corrected chi connectivity index (χ3v) is 5.93. The van der Waals surface area contributed by atoms with E-state index in [0.717, 1.165) is 21.9 Å². The SMILES string of the molecule is O=C(c1ccccc1)c1c(-c2ccccc2)oc(-c2ccc3ccccc3c2)c1-n1cccn1. The lowest BCUT2D eigenvalue weighted by atomic mass is 9.97. The van der Waals surface area contributed by atoms with E-state index in [-0.39, 0.29) is 5.78 Å². The van der Waals surface area contributed by atoms with Gasteiger partial charge in [-0.15, -0.1) is 0 Å². The number of fused-ring (bicyclic) bond motifs is 1. The normalized spacial score (nSPS) is 11.1. The summed E-state index contributed by atoms with van der Waals surface area (Å²) in [4.78, 5) is 13.9. The lowest BCUT2D eigenvalue weighted by molar-refractivity contribution is 0.103. The number of carbonyl (C=O) groups is 1. The molecule has 4 heteroatoms. The highest BCUT2D eigenvalue weighted by Crippen LogP contribution is 2.41. The molecule has 0 N–H and O–H groups in total. The Hall–Kier alpha value is -4.70. The molecule has 6 rings (SSSR count). The van der Waals surface area contributed by atoms with E-state index in [4.69, 9.17) is 4.42 Å². The van der Waals surface area contributed by atoms with Crippen molar-refractivity contribution in [3.05, 3.63) is 133 Å². The smallest absolute Gasteiger partial charge is 0.199 e. The summed E-state index contributed by atoms with van der Waals surface area (Å²) in [5.41, 5.74) is 3.44. The van der Waals surface area contributed by atoms with Gasteiger partial charge in [0.2, 0.25) is 0 Å². The summed E-state index contributed by atoms with van der Waals surface area (Å²) in [5.74, 6) is 1.02. The van der Waals surface area contributed by atoms with Crippen LogP contribution in [0.1, 0.15) is 15.9 Å². The van der Waals surface area contributed by atoms with Crippen LogP contribution in [0.15, 0.2) is 126 Å². The number of benzene rings is 4. The zero-order chi connectivity index (χ0) is 22.9. The summed E-state index contributed by atoms with van der Waals surface area (Å²) < 4.78 is 8.27. The molecule has 0 spiro atoms. The lowest BCUT2D eigenvalue weighted by Crippen LogP contribution is -2.07. The van der Waals surface area contributed by atoms with Crippen LogP contribution in [0.3, 0.4) is 0 Å². The van der Waals surface area contributed by atoms with Crippen molar-refractivity contribution in [3.63, 3.8) is 0 Å². The van der Waals surface area contributed by atoms with Crippen molar-refractivity contribution in [3.8, 4) is 28.3 Å². The standard InChI is InChI=1S/C30H20N2O2/c33-28(22-11-3-1-4-12-22)26-27(32-19-9-18-31-32)30(34-29(26)23-13-5-2-6-14-23)25-17-16-21-10-7-8-15-24(21)20-25/h1-20H. The summed E-state index contributed by atoms with van der Waals surface area (Å²) in [6, 6.07) is 35.3. The fraction of sp³-hybridized carbons (Fsp3) is 0. The van der Waals surface area contributed by atoms with Gasteiger partial charge in [0.25, 0.3) is 0 Å². The second kappa shape index (κ2) is 8.34. The Kier molecular flexibility index (Phi) is 4.89. The van der Waals surface area contributed by atoms with E-state index in [9.17, 15) is 4.79 Å². The van der Waals surface area contributed by atoms with E-state index < -0.39 is 0 Å². The fourth-order valence-electron chi connectivity index (χ4n) is 4.31. The summed E-state index contributed by atoms with van der Waals surface area (Å²) in [7, 11) is 0. The minimum absolute atomic E-state index is 0.110. The van der Waals surface area contributed by atoms with Crippen LogP contribution in [-0.4, -0.2) is 15.6 Å². The van der Waals surface area contributed by atoms with Gasteiger partial charge in [-0.05, 0) is 22.9 Å². The number of rotatable bonds is 5. The molecule has 4 aromatic carbocycles. The number of carbonyl (C=O) groups excluding carboxylic acids is 1. The van der Waals surface area contributed by atoms with E-state index in [0.29, 0.717) is 28.3 Å². The first-order valence-electron chi connectivity index (χ1n) is 11.1. The second-order valence-electron chi connectivity index (χ2n) is 8.06. The second-order valence-corrected chi connectivity index (χ2v) is 8.06. The topological polar surface area (TPSA) is 48.0 Å². The van der Waals surface area contributed by atoms with Gasteiger partial charge in [0.15, 0.2) is 11.5 Å². The Morgan fingerprint density at radius 1 is 0.676 bits per heavy atom. The van der Waals surface area contributed by atoms with Gasteiger partial charge in [-0.2, -0.15) is 5.10 Å². The van der Waals surface area contributed by atoms with Crippen molar-refractivity contribution in [2.24, 2.45) is 0 Å². The first-order valence-corrected chi connectivity index (χ1v) is 11.1. The zero-order valence-electron chi connectivity index (χ0n) is 18.3. The highest BCUT2D eigenvalue weighted by molar-refractivity contribution is 6.16. The molecule has 0 fully saturated rings. The van der Waals surface area contributed by atoms with Crippen molar-refractivity contribution >= 4 is 16.6 Å². The molecule has 4 nitrogen and oxygen atoms in total. The van der Waals surface area contributed by atoms with Crippen molar-refractivity contribution in [2.45, 2.75) is 0 Å². The van der Waals surface area contributed by atoms with E-state index >= 15 is 0 Å². The molecule has 0 atom stereocenters. The van der Waals surface area contributed by atoms with E-state index in [1.54, 1.807) is 10.9 Å². The largest absolute Gasteiger partial charge is 0.453 e. The quantitative estimate of drug-likeness (QED) is 0.267. The molecule has 6 aromatic rings. The number of hydrogen-bond acceptors (Lipinski definition) is 3. The van der Waals surface area contributed by atoms with E-state index in [1.807, 2.05) is 91.1 Å². The molecule has 0 aliphatic heterocycles. The van der Waals surface area contributed by atoms with Crippen molar-refractivity contribution in [1.29, 1.82) is 0 Å². The number of ketones is 1. The van der Waals surface area contributed by atoms with Crippen LogP contribution in [0.2, 0.25) is 0 Å². The van der Waals surface area contributed by atoms with Crippen LogP contribution in [0, 0.1) is 0 Å². The number of nitrogens with zero attached hydrogens (tertiary/aromatic N) is 2. The molecule has 0 saturated carbocycles. The lowest BCUT2D eigenvalue weighted by Gasteiger charge is -2.08. The minimum atomic E-state index is -0.110. The van der Waals surface area contributed by atoms with Crippen LogP contribution in [0.5, 0.6) is 0 Å². The number of aromatic nitrogens is 2. The molecule has 0 radical (unpaired) electrons. The summed E-state index contributed by atoms with van der Waals surface area (Å²) in [6.07, 6.45) is 3.54. The van der Waals surface area contributed by atoms with Gasteiger partial charge in [-0.25, -0.2) is 4.68 Å². The molecular weight excluding hydrogens is 420 g/mol. The average Bonchev–Trinajstić information content (AvgIpc) is 3.57. The first-order chi connectivity index (χ1) is 16.8. The number of furan rings is 1. The molecule has 0 bridgehead atoms. The van der Waals surface area contributed by atoms with Crippen LogP contribution in [0.25, 0.3) is 39.1 Å². The third-order valence-electron chi connectivity index (χ3n) is 5.93. The molecule has 34 heavy (non-hydrogen) atoms. The monoisotopic (exact) mass is 440 g/mol. The molecular formula is C30H20N2O2. The zero-order valence-corrected chi connectivity index (χ0v) is 18.3. The van der Waals surface area contributed by atoms with Crippen LogP contribution in [-0.2, 0) is 0 Å². The molecule has 0 aliphatic rings. The summed E-state index contributed by atoms with van der Waals surface area (Å²) >= 11 is 0. The van der Waals surface area contributed by atoms with Gasteiger partial charge in [0.1, 0.15) is 11.4 Å². The Bertz CT molecular complexity index is 1600. The van der Waals surface area contributed by atoms with Crippen LogP contribution >= 0.6 is 0 Å². The first kappa shape index (κ1) is 19.9. The van der Waals surface area contributed by atoms with E-state index in [2.05, 4.69) is 29.4 Å². The van der Waals surface area contributed by atoms with Gasteiger partial charge in [0, 0.05) is 29.1 Å². The molecule has 0 saturated heterocycles. The van der Waals surface area contributed by atoms with Gasteiger partial charge in [0.05, 0.1) is 5.56 Å². The Balaban J connectivity index is 1.67. The van der Waals surface area contributed by atoms with Crippen molar-refractivity contribution in [1.82, 2.24) is 9.78 Å². The van der Waals surface area contributed by atoms with Crippen LogP contribution in [0.4, 0.5) is 0 Å². The number of hydrogen-bond donors (Lipinski definition) is 0. The van der Waals surface area contributed by atoms with Crippen molar-refractivity contribution < 1.29 is 9.21 Å². The van der Waals surface area contributed by atoms with Gasteiger partial charge in [-0.3, -0.25) is 4.79 Å². The van der Waals surface area contributed by atoms with Crippen molar-refractivity contribution in [2.75, 3.05) is 0 Å². The molecule has 2 heterocycles. The average molecular weight is 441 g/mol. The Morgan fingerprint density at radius 2 is 1.38 bits per heavy atom. The summed E-state index contributed by atoms with van der Waals surface area (Å²) in [6.45, 7) is 0. The molecule has 0 amide bonds. The third kappa shape index (κ3) is 3.42. The highest BCUT2D eigenvalue weighted by Gasteiger charge is 2.29. The predicted molar refractivity (Wildman–Crippen MR) is 134 cm³/mol. The maximum atomic E-state index is 13.9. The fourth-order valence-corrected chi connectivity index (χ4v) is 4.31. The maximum absolute atomic E-state index is 13.9. The molecule has 0 aliphatic carbocycles. The summed E-state index contributed by atoms with van der Waals surface area (Å²) in [5, 5.41) is 6.72. The predicted octanol–water partition coefficient (Wildman–Crippen LogP) is 7.18. The highest BCUT2D eigenvalue weighted by atomic mass is 16.3. The van der Waals surface area contributed by atoms with Gasteiger partial charge < -0.3 is 4.42 Å².